The van der Waals surface area contributed by atoms with Crippen LogP contribution in [0.1, 0.15) is 43.0 Å². The van der Waals surface area contributed by atoms with E-state index in [1.807, 2.05) is 0 Å². The van der Waals surface area contributed by atoms with Crippen LogP contribution in [0.5, 0.6) is 0 Å². The van der Waals surface area contributed by atoms with Crippen LogP contribution >= 0.6 is 11.6 Å². The maximum Gasteiger partial charge on any atom is 0.311 e. The van der Waals surface area contributed by atoms with Crippen LogP contribution in [0.15, 0.2) is 18.2 Å². The Morgan fingerprint density at radius 2 is 2.14 bits per heavy atom. The largest absolute Gasteiger partial charge is 0.481 e. The minimum absolute atomic E-state index is 0.166. The number of carbonyl (C=O) groups excluding carboxylic acids is 1. The molecule has 2 unspecified atom stereocenters. The average molecular weight is 314 g/mol. The average Bonchev–Trinajstić information content (AvgIpc) is 2.43. The highest BCUT2D eigenvalue weighted by Gasteiger charge is 2.44. The SMILES string of the molecule is CC1(C(=O)O)CCCCC1NC(=O)c1cc(Cl)ccc1F. The molecule has 6 heteroatoms. The number of hydrogen-bond donors (Lipinski definition) is 2. The maximum atomic E-state index is 13.7. The van der Waals surface area contributed by atoms with Gasteiger partial charge in [0, 0.05) is 11.1 Å². The Kier molecular flexibility index (Phi) is 4.52. The first-order valence-electron chi connectivity index (χ1n) is 6.84. The van der Waals surface area contributed by atoms with E-state index >= 15 is 0 Å². The summed E-state index contributed by atoms with van der Waals surface area (Å²) in [7, 11) is 0. The van der Waals surface area contributed by atoms with Crippen LogP contribution in [0, 0.1) is 11.2 Å². The lowest BCUT2D eigenvalue weighted by molar-refractivity contribution is -0.151. The first kappa shape index (κ1) is 15.8. The van der Waals surface area contributed by atoms with Gasteiger partial charge in [0.2, 0.25) is 0 Å². The van der Waals surface area contributed by atoms with E-state index in [-0.39, 0.29) is 10.6 Å². The Morgan fingerprint density at radius 3 is 2.81 bits per heavy atom. The number of carboxylic acid groups (broad SMARTS) is 1. The van der Waals surface area contributed by atoms with Crippen molar-refractivity contribution in [2.75, 3.05) is 0 Å². The van der Waals surface area contributed by atoms with Crippen LogP contribution in [-0.4, -0.2) is 23.0 Å². The maximum absolute atomic E-state index is 13.7. The quantitative estimate of drug-likeness (QED) is 0.900. The molecule has 1 aromatic carbocycles. The van der Waals surface area contributed by atoms with Crippen molar-refractivity contribution in [3.8, 4) is 0 Å². The van der Waals surface area contributed by atoms with Gasteiger partial charge in [-0.15, -0.1) is 0 Å². The molecule has 1 fully saturated rings. The molecule has 2 N–H and O–H groups in total. The van der Waals surface area contributed by atoms with Crippen LogP contribution in [0.3, 0.4) is 0 Å². The Hall–Kier alpha value is -1.62. The molecular weight excluding hydrogens is 297 g/mol. The van der Waals surface area contributed by atoms with Crippen molar-refractivity contribution in [1.82, 2.24) is 5.32 Å². The van der Waals surface area contributed by atoms with Gasteiger partial charge in [-0.1, -0.05) is 24.4 Å². The van der Waals surface area contributed by atoms with Crippen molar-refractivity contribution in [1.29, 1.82) is 0 Å². The van der Waals surface area contributed by atoms with E-state index in [2.05, 4.69) is 5.32 Å². The standard InChI is InChI=1S/C15H17ClFNO3/c1-15(14(20)21)7-3-2-4-12(15)18-13(19)10-8-9(16)5-6-11(10)17/h5-6,8,12H,2-4,7H2,1H3,(H,18,19)(H,20,21). The number of rotatable bonds is 3. The van der Waals surface area contributed by atoms with Gasteiger partial charge >= 0.3 is 5.97 Å². The number of amides is 1. The van der Waals surface area contributed by atoms with Gasteiger partial charge in [-0.2, -0.15) is 0 Å². The zero-order chi connectivity index (χ0) is 15.6. The minimum Gasteiger partial charge on any atom is -0.481 e. The fourth-order valence-electron chi connectivity index (χ4n) is 2.73. The van der Waals surface area contributed by atoms with Crippen molar-refractivity contribution >= 4 is 23.5 Å². The molecule has 1 aliphatic rings. The van der Waals surface area contributed by atoms with E-state index < -0.39 is 29.2 Å². The molecule has 1 saturated carbocycles. The van der Waals surface area contributed by atoms with Crippen LogP contribution in [0.2, 0.25) is 5.02 Å². The number of hydrogen-bond acceptors (Lipinski definition) is 2. The molecule has 1 aliphatic carbocycles. The fourth-order valence-corrected chi connectivity index (χ4v) is 2.90. The Balaban J connectivity index is 2.21. The highest BCUT2D eigenvalue weighted by molar-refractivity contribution is 6.31. The molecule has 0 heterocycles. The number of benzene rings is 1. The van der Waals surface area contributed by atoms with Crippen molar-refractivity contribution in [2.24, 2.45) is 5.41 Å². The number of carbonyl (C=O) groups is 2. The molecule has 0 saturated heterocycles. The summed E-state index contributed by atoms with van der Waals surface area (Å²) in [6.07, 6.45) is 2.70. The normalized spacial score (nSPS) is 25.4. The summed E-state index contributed by atoms with van der Waals surface area (Å²) in [5, 5.41) is 12.3. The molecule has 0 aromatic heterocycles. The third kappa shape index (κ3) is 3.18. The summed E-state index contributed by atoms with van der Waals surface area (Å²) in [5.41, 5.74) is -1.19. The topological polar surface area (TPSA) is 66.4 Å². The summed E-state index contributed by atoms with van der Waals surface area (Å²) in [6, 6.07) is 3.20. The molecule has 0 aliphatic heterocycles. The summed E-state index contributed by atoms with van der Waals surface area (Å²) in [4.78, 5) is 23.7. The molecule has 2 rings (SSSR count). The van der Waals surface area contributed by atoms with Gasteiger partial charge in [-0.3, -0.25) is 9.59 Å². The minimum atomic E-state index is -1.02. The second-order valence-corrected chi connectivity index (χ2v) is 6.06. The van der Waals surface area contributed by atoms with Gasteiger partial charge < -0.3 is 10.4 Å². The lowest BCUT2D eigenvalue weighted by Gasteiger charge is -2.38. The third-order valence-electron chi connectivity index (χ3n) is 4.17. The molecule has 0 radical (unpaired) electrons. The molecule has 0 spiro atoms. The zero-order valence-corrected chi connectivity index (χ0v) is 12.4. The van der Waals surface area contributed by atoms with E-state index in [1.54, 1.807) is 6.92 Å². The number of halogens is 2. The monoisotopic (exact) mass is 313 g/mol. The highest BCUT2D eigenvalue weighted by atomic mass is 35.5. The van der Waals surface area contributed by atoms with Gasteiger partial charge in [0.15, 0.2) is 0 Å². The van der Waals surface area contributed by atoms with Gasteiger partial charge in [0.1, 0.15) is 5.82 Å². The first-order chi connectivity index (χ1) is 9.84. The lowest BCUT2D eigenvalue weighted by atomic mass is 9.71. The Morgan fingerprint density at radius 1 is 1.43 bits per heavy atom. The molecule has 1 aromatic rings. The molecule has 0 bridgehead atoms. The van der Waals surface area contributed by atoms with E-state index in [0.29, 0.717) is 12.8 Å². The Labute approximate surface area is 127 Å². The van der Waals surface area contributed by atoms with E-state index in [9.17, 15) is 19.1 Å². The second-order valence-electron chi connectivity index (χ2n) is 5.62. The van der Waals surface area contributed by atoms with E-state index in [0.717, 1.165) is 18.9 Å². The van der Waals surface area contributed by atoms with Crippen LogP contribution in [0.25, 0.3) is 0 Å². The summed E-state index contributed by atoms with van der Waals surface area (Å²) in [5.74, 6) is -2.25. The van der Waals surface area contributed by atoms with Crippen LogP contribution < -0.4 is 5.32 Å². The lowest BCUT2D eigenvalue weighted by Crippen LogP contribution is -2.52. The molecule has 21 heavy (non-hydrogen) atoms. The van der Waals surface area contributed by atoms with Gasteiger partial charge in [-0.05, 0) is 38.0 Å². The third-order valence-corrected chi connectivity index (χ3v) is 4.41. The smallest absolute Gasteiger partial charge is 0.311 e. The van der Waals surface area contributed by atoms with Crippen LogP contribution in [-0.2, 0) is 4.79 Å². The van der Waals surface area contributed by atoms with Crippen molar-refractivity contribution in [2.45, 2.75) is 38.6 Å². The molecule has 114 valence electrons. The predicted molar refractivity (Wildman–Crippen MR) is 76.9 cm³/mol. The molecule has 1 amide bonds. The van der Waals surface area contributed by atoms with Gasteiger partial charge in [-0.25, -0.2) is 4.39 Å². The highest BCUT2D eigenvalue weighted by Crippen LogP contribution is 2.36. The van der Waals surface area contributed by atoms with Crippen molar-refractivity contribution in [3.05, 3.63) is 34.6 Å². The predicted octanol–water partition coefficient (Wildman–Crippen LogP) is 3.24. The first-order valence-corrected chi connectivity index (χ1v) is 7.21. The Bertz CT molecular complexity index is 578. The summed E-state index contributed by atoms with van der Waals surface area (Å²) in [6.45, 7) is 1.62. The van der Waals surface area contributed by atoms with Gasteiger partial charge in [0.05, 0.1) is 11.0 Å². The van der Waals surface area contributed by atoms with E-state index in [4.69, 9.17) is 11.6 Å². The number of carboxylic acids is 1. The number of aliphatic carboxylic acids is 1. The summed E-state index contributed by atoms with van der Waals surface area (Å²) >= 11 is 5.77. The number of nitrogens with one attached hydrogen (secondary N) is 1. The van der Waals surface area contributed by atoms with Crippen LogP contribution in [0.4, 0.5) is 4.39 Å². The second kappa shape index (κ2) is 6.02. The van der Waals surface area contributed by atoms with Crippen molar-refractivity contribution < 1.29 is 19.1 Å². The van der Waals surface area contributed by atoms with Crippen molar-refractivity contribution in [3.63, 3.8) is 0 Å². The molecular formula is C15H17ClFNO3. The molecule has 2 atom stereocenters. The molecule has 4 nitrogen and oxygen atoms in total. The zero-order valence-electron chi connectivity index (χ0n) is 11.7. The fraction of sp³-hybridized carbons (Fsp3) is 0.467. The summed E-state index contributed by atoms with van der Waals surface area (Å²) < 4.78 is 13.7. The van der Waals surface area contributed by atoms with E-state index in [1.165, 1.54) is 12.1 Å². The van der Waals surface area contributed by atoms with Gasteiger partial charge in [0.25, 0.3) is 5.91 Å².